The lowest BCUT2D eigenvalue weighted by Crippen LogP contribution is -2.44. The van der Waals surface area contributed by atoms with Crippen molar-refractivity contribution in [2.24, 2.45) is 0 Å². The number of rotatable bonds is 7. The third kappa shape index (κ3) is 4.25. The average Bonchev–Trinajstić information content (AvgIpc) is 3.48. The number of hydrogen-bond donors (Lipinski definition) is 1. The Bertz CT molecular complexity index is 1120. The first-order valence-electron chi connectivity index (χ1n) is 11.5. The van der Waals surface area contributed by atoms with Crippen molar-refractivity contribution in [1.82, 2.24) is 19.7 Å². The molecule has 0 bridgehead atoms. The zero-order valence-electron chi connectivity index (χ0n) is 19.4. The zero-order valence-corrected chi connectivity index (χ0v) is 19.4. The summed E-state index contributed by atoms with van der Waals surface area (Å²) in [5.74, 6) is 1.30. The highest BCUT2D eigenvalue weighted by Crippen LogP contribution is 2.44. The average molecular weight is 452 g/mol. The number of fused-ring (bicyclic) bond motifs is 2. The molecule has 2 unspecified atom stereocenters. The van der Waals surface area contributed by atoms with Crippen LogP contribution in [0.5, 0.6) is 0 Å². The van der Waals surface area contributed by atoms with E-state index < -0.39 is 0 Å². The minimum absolute atomic E-state index is 0.0896. The van der Waals surface area contributed by atoms with Crippen molar-refractivity contribution in [3.05, 3.63) is 59.8 Å². The number of nitrogens with one attached hydrogen (secondary N) is 1. The molecular formula is C24H30FN7O. The van der Waals surface area contributed by atoms with Crippen LogP contribution in [-0.2, 0) is 17.8 Å². The highest BCUT2D eigenvalue weighted by Gasteiger charge is 2.53. The van der Waals surface area contributed by atoms with Gasteiger partial charge in [-0.1, -0.05) is 19.1 Å². The minimum Gasteiger partial charge on any atom is -0.350 e. The van der Waals surface area contributed by atoms with E-state index in [1.807, 2.05) is 30.3 Å². The Hall–Kier alpha value is -3.20. The molecule has 5 rings (SSSR count). The molecule has 2 aliphatic heterocycles. The molecule has 9 heteroatoms. The Balaban J connectivity index is 1.31. The lowest BCUT2D eigenvalue weighted by atomic mass is 10.1. The summed E-state index contributed by atoms with van der Waals surface area (Å²) in [7, 11) is 2.05. The molecule has 0 radical (unpaired) electrons. The van der Waals surface area contributed by atoms with Gasteiger partial charge in [0, 0.05) is 31.4 Å². The fourth-order valence-corrected chi connectivity index (χ4v) is 4.65. The van der Waals surface area contributed by atoms with Crippen molar-refractivity contribution in [3.8, 4) is 0 Å². The van der Waals surface area contributed by atoms with E-state index in [4.69, 9.17) is 9.72 Å². The fourth-order valence-electron chi connectivity index (χ4n) is 4.65. The van der Waals surface area contributed by atoms with E-state index in [9.17, 15) is 4.39 Å². The normalized spacial score (nSPS) is 21.6. The van der Waals surface area contributed by atoms with Crippen LogP contribution in [0, 0.1) is 5.82 Å². The topological polar surface area (TPSA) is 74.6 Å². The molecule has 2 aromatic heterocycles. The number of anilines is 3. The molecule has 174 valence electrons. The Kier molecular flexibility index (Phi) is 5.65. The number of aromatic nitrogens is 4. The van der Waals surface area contributed by atoms with Gasteiger partial charge in [0.05, 0.1) is 25.0 Å². The predicted molar refractivity (Wildman–Crippen MR) is 126 cm³/mol. The molecule has 3 aromatic rings. The monoisotopic (exact) mass is 451 g/mol. The lowest BCUT2D eigenvalue weighted by molar-refractivity contribution is 0.326. The van der Waals surface area contributed by atoms with E-state index in [0.29, 0.717) is 19.0 Å². The molecule has 0 aliphatic carbocycles. The van der Waals surface area contributed by atoms with Gasteiger partial charge >= 0.3 is 0 Å². The molecule has 8 nitrogen and oxygen atoms in total. The van der Waals surface area contributed by atoms with Gasteiger partial charge in [-0.05, 0) is 38.0 Å². The Morgan fingerprint density at radius 1 is 1.15 bits per heavy atom. The van der Waals surface area contributed by atoms with Gasteiger partial charge in [0.25, 0.3) is 0 Å². The number of halogens is 1. The molecule has 0 spiro atoms. The van der Waals surface area contributed by atoms with E-state index in [1.165, 1.54) is 12.1 Å². The van der Waals surface area contributed by atoms with Gasteiger partial charge in [0.15, 0.2) is 12.0 Å². The van der Waals surface area contributed by atoms with Gasteiger partial charge in [-0.15, -0.1) is 0 Å². The van der Waals surface area contributed by atoms with Crippen molar-refractivity contribution < 1.29 is 9.13 Å². The van der Waals surface area contributed by atoms with E-state index in [0.717, 1.165) is 29.1 Å². The second-order valence-corrected chi connectivity index (χ2v) is 9.01. The predicted octanol–water partition coefficient (Wildman–Crippen LogP) is 3.64. The van der Waals surface area contributed by atoms with Gasteiger partial charge < -0.3 is 19.9 Å². The van der Waals surface area contributed by atoms with Crippen molar-refractivity contribution in [3.63, 3.8) is 0 Å². The molecule has 0 saturated carbocycles. The van der Waals surface area contributed by atoms with Crippen LogP contribution in [0.3, 0.4) is 0 Å². The summed E-state index contributed by atoms with van der Waals surface area (Å²) in [6.07, 6.45) is 6.96. The van der Waals surface area contributed by atoms with Crippen LogP contribution >= 0.6 is 0 Å². The zero-order chi connectivity index (χ0) is 23.1. The number of nitrogens with zero attached hydrogens (tertiary/aromatic N) is 6. The molecule has 1 fully saturated rings. The number of epoxide rings is 1. The minimum atomic E-state index is -0.234. The van der Waals surface area contributed by atoms with Crippen molar-refractivity contribution >= 4 is 17.5 Å². The fraction of sp³-hybridized carbons (Fsp3) is 0.458. The van der Waals surface area contributed by atoms with Gasteiger partial charge in [0.1, 0.15) is 17.6 Å². The molecule has 1 aromatic carbocycles. The Labute approximate surface area is 193 Å². The second-order valence-electron chi connectivity index (χ2n) is 9.01. The number of hydrogen-bond acceptors (Lipinski definition) is 7. The SMILES string of the molecule is CC[C@H]1C2OC2N(C)c2cnc(NCc3cnn(Cc4ccc(F)cc4)c3)nc2N1C(C)C. The molecule has 33 heavy (non-hydrogen) atoms. The van der Waals surface area contributed by atoms with Gasteiger partial charge in [-0.25, -0.2) is 9.37 Å². The summed E-state index contributed by atoms with van der Waals surface area (Å²) in [6.45, 7) is 7.74. The lowest BCUT2D eigenvalue weighted by Gasteiger charge is -2.35. The van der Waals surface area contributed by atoms with Crippen LogP contribution in [0.15, 0.2) is 42.9 Å². The van der Waals surface area contributed by atoms with Gasteiger partial charge in [0.2, 0.25) is 5.95 Å². The van der Waals surface area contributed by atoms with Gasteiger partial charge in [-0.3, -0.25) is 4.68 Å². The number of benzene rings is 1. The number of ether oxygens (including phenoxy) is 1. The van der Waals surface area contributed by atoms with E-state index in [-0.39, 0.29) is 30.2 Å². The summed E-state index contributed by atoms with van der Waals surface area (Å²) in [6, 6.07) is 7.05. The summed E-state index contributed by atoms with van der Waals surface area (Å²) >= 11 is 0. The summed E-state index contributed by atoms with van der Waals surface area (Å²) < 4.78 is 20.9. The third-order valence-corrected chi connectivity index (χ3v) is 6.36. The first kappa shape index (κ1) is 21.6. The van der Waals surface area contributed by atoms with Gasteiger partial charge in [-0.2, -0.15) is 10.1 Å². The van der Waals surface area contributed by atoms with Crippen molar-refractivity contribution in [2.45, 2.75) is 64.7 Å². The van der Waals surface area contributed by atoms with E-state index >= 15 is 0 Å². The van der Waals surface area contributed by atoms with Crippen LogP contribution < -0.4 is 15.1 Å². The van der Waals surface area contributed by atoms with Crippen LogP contribution in [0.2, 0.25) is 0 Å². The van der Waals surface area contributed by atoms with Crippen LogP contribution in [-0.4, -0.2) is 51.2 Å². The molecule has 0 amide bonds. The Morgan fingerprint density at radius 2 is 1.94 bits per heavy atom. The summed E-state index contributed by atoms with van der Waals surface area (Å²) in [5.41, 5.74) is 3.01. The molecule has 1 saturated heterocycles. The maximum atomic E-state index is 13.1. The van der Waals surface area contributed by atoms with Crippen LogP contribution in [0.25, 0.3) is 0 Å². The molecule has 3 atom stereocenters. The molecular weight excluding hydrogens is 421 g/mol. The second kappa shape index (κ2) is 8.62. The van der Waals surface area contributed by atoms with E-state index in [1.54, 1.807) is 12.1 Å². The van der Waals surface area contributed by atoms with Crippen molar-refractivity contribution in [1.29, 1.82) is 0 Å². The Morgan fingerprint density at radius 3 is 2.67 bits per heavy atom. The molecule has 2 aliphatic rings. The smallest absolute Gasteiger partial charge is 0.225 e. The first-order valence-corrected chi connectivity index (χ1v) is 11.5. The standard InChI is InChI=1S/C24H30FN7O/c1-5-19-21-23(33-21)30(4)20-12-27-24(29-22(20)32(19)15(2)3)26-10-17-11-28-31(14-17)13-16-6-8-18(25)9-7-16/h6-9,11-12,14-15,19,21,23H,5,10,13H2,1-4H3,(H,26,27,29)/t19-,21?,23?/m0/s1. The maximum absolute atomic E-state index is 13.1. The first-order chi connectivity index (χ1) is 15.9. The van der Waals surface area contributed by atoms with Crippen LogP contribution in [0.1, 0.15) is 38.3 Å². The largest absolute Gasteiger partial charge is 0.350 e. The molecule has 4 heterocycles. The van der Waals surface area contributed by atoms with Crippen molar-refractivity contribution in [2.75, 3.05) is 22.2 Å². The maximum Gasteiger partial charge on any atom is 0.225 e. The van der Waals surface area contributed by atoms with E-state index in [2.05, 4.69) is 46.0 Å². The quantitative estimate of drug-likeness (QED) is 0.550. The highest BCUT2D eigenvalue weighted by atomic mass is 19.1. The number of likely N-dealkylation sites (N-methyl/N-ethyl adjacent to an activating group) is 1. The van der Waals surface area contributed by atoms with Crippen LogP contribution in [0.4, 0.5) is 21.8 Å². The summed E-state index contributed by atoms with van der Waals surface area (Å²) in [4.78, 5) is 14.0. The molecule has 1 N–H and O–H groups in total. The highest BCUT2D eigenvalue weighted by molar-refractivity contribution is 5.70. The summed E-state index contributed by atoms with van der Waals surface area (Å²) in [5, 5.41) is 7.77. The third-order valence-electron chi connectivity index (χ3n) is 6.36.